The molecular formula is C15H13ClIN3O3S2. The van der Waals surface area contributed by atoms with Crippen LogP contribution in [0.2, 0.25) is 4.34 Å². The fourth-order valence-corrected chi connectivity index (χ4v) is 5.05. The first-order chi connectivity index (χ1) is 11.8. The third-order valence-electron chi connectivity index (χ3n) is 3.66. The summed E-state index contributed by atoms with van der Waals surface area (Å²) in [5, 5.41) is 3.71. The van der Waals surface area contributed by atoms with Crippen LogP contribution in [0.5, 0.6) is 0 Å². The van der Waals surface area contributed by atoms with Crippen LogP contribution in [0.4, 0.5) is 0 Å². The third-order valence-corrected chi connectivity index (χ3v) is 6.62. The van der Waals surface area contributed by atoms with Gasteiger partial charge < -0.3 is 5.32 Å². The normalized spacial score (nSPS) is 21.0. The average molecular weight is 510 g/mol. The molecule has 6 nitrogen and oxygen atoms in total. The van der Waals surface area contributed by atoms with E-state index in [0.717, 1.165) is 8.98 Å². The summed E-state index contributed by atoms with van der Waals surface area (Å²) >= 11 is 9.20. The highest BCUT2D eigenvalue weighted by molar-refractivity contribution is 14.1. The summed E-state index contributed by atoms with van der Waals surface area (Å²) < 4.78 is 29.0. The second-order valence-electron chi connectivity index (χ2n) is 5.36. The van der Waals surface area contributed by atoms with Gasteiger partial charge in [0.05, 0.1) is 10.0 Å². The van der Waals surface area contributed by atoms with Crippen LogP contribution in [0.1, 0.15) is 17.0 Å². The van der Waals surface area contributed by atoms with Gasteiger partial charge in [-0.1, -0.05) is 11.6 Å². The summed E-state index contributed by atoms with van der Waals surface area (Å²) in [7, 11) is -3.87. The number of hydrogen-bond acceptors (Lipinski definition) is 5. The lowest BCUT2D eigenvalue weighted by molar-refractivity contribution is -0.124. The Kier molecular flexibility index (Phi) is 5.49. The molecule has 1 amide bonds. The van der Waals surface area contributed by atoms with Gasteiger partial charge in [-0.15, -0.1) is 11.3 Å². The minimum absolute atomic E-state index is 0.289. The predicted molar refractivity (Wildman–Crippen MR) is 107 cm³/mol. The predicted octanol–water partition coefficient (Wildman–Crippen LogP) is 2.71. The molecule has 10 heteroatoms. The molecule has 0 radical (unpaired) electrons. The average Bonchev–Trinajstić information content (AvgIpc) is 3.13. The van der Waals surface area contributed by atoms with Crippen molar-refractivity contribution in [3.05, 3.63) is 54.3 Å². The van der Waals surface area contributed by atoms with Crippen molar-refractivity contribution in [3.8, 4) is 0 Å². The number of rotatable bonds is 5. The Bertz CT molecular complexity index is 928. The van der Waals surface area contributed by atoms with Crippen LogP contribution in [-0.2, 0) is 20.4 Å². The van der Waals surface area contributed by atoms with Crippen LogP contribution in [0, 0.1) is 3.57 Å². The van der Waals surface area contributed by atoms with Gasteiger partial charge in [-0.3, -0.25) is 9.78 Å². The first kappa shape index (κ1) is 18.8. The van der Waals surface area contributed by atoms with Gasteiger partial charge in [-0.2, -0.15) is 4.72 Å². The number of aromatic nitrogens is 1. The fraction of sp³-hybridized carbons (Fsp3) is 0.200. The van der Waals surface area contributed by atoms with Gasteiger partial charge in [-0.25, -0.2) is 8.42 Å². The van der Waals surface area contributed by atoms with Gasteiger partial charge in [0.1, 0.15) is 0 Å². The van der Waals surface area contributed by atoms with E-state index < -0.39 is 21.5 Å². The van der Waals surface area contributed by atoms with Crippen molar-refractivity contribution in [2.75, 3.05) is 6.54 Å². The van der Waals surface area contributed by atoms with E-state index in [1.54, 1.807) is 30.5 Å². The highest BCUT2D eigenvalue weighted by Crippen LogP contribution is 2.29. The summed E-state index contributed by atoms with van der Waals surface area (Å²) in [5.74, 6) is -0.405. The zero-order valence-corrected chi connectivity index (χ0v) is 17.2. The number of hydrogen-bond donors (Lipinski definition) is 2. The quantitative estimate of drug-likeness (QED) is 0.607. The molecule has 3 rings (SSSR count). The van der Waals surface area contributed by atoms with Crippen LogP contribution in [-0.4, -0.2) is 25.9 Å². The standard InChI is InChI=1S/C15H13ClIN3O3S2/c16-13-4-2-11(24-13)5-8-25(22,23)20-15(6-7-18-14(15)21)12-3-1-10(17)9-19-12/h1-5,8-9,20H,6-7H2,(H,18,21)/b8-5+/t15-/m0/s1. The van der Waals surface area contributed by atoms with Crippen LogP contribution in [0.25, 0.3) is 6.08 Å². The van der Waals surface area contributed by atoms with Crippen molar-refractivity contribution in [2.24, 2.45) is 0 Å². The SMILES string of the molecule is O=C1NCC[C@]1(NS(=O)(=O)/C=C/c1ccc(Cl)s1)c1ccc(I)cn1. The topological polar surface area (TPSA) is 88.2 Å². The van der Waals surface area contributed by atoms with E-state index in [-0.39, 0.29) is 6.42 Å². The molecule has 1 atom stereocenters. The highest BCUT2D eigenvalue weighted by Gasteiger charge is 2.47. The molecule has 25 heavy (non-hydrogen) atoms. The van der Waals surface area contributed by atoms with Crippen molar-refractivity contribution in [2.45, 2.75) is 12.0 Å². The summed E-state index contributed by atoms with van der Waals surface area (Å²) in [6.45, 7) is 0.374. The van der Waals surface area contributed by atoms with Crippen molar-refractivity contribution in [3.63, 3.8) is 0 Å². The van der Waals surface area contributed by atoms with E-state index in [4.69, 9.17) is 11.6 Å². The largest absolute Gasteiger partial charge is 0.354 e. The maximum Gasteiger partial charge on any atom is 0.247 e. The lowest BCUT2D eigenvalue weighted by atomic mass is 9.94. The Hall–Kier alpha value is -1.01. The number of pyridine rings is 1. The molecule has 2 aromatic rings. The Morgan fingerprint density at radius 1 is 1.36 bits per heavy atom. The molecule has 1 aliphatic rings. The Morgan fingerprint density at radius 2 is 2.16 bits per heavy atom. The molecule has 1 fully saturated rings. The monoisotopic (exact) mass is 509 g/mol. The summed E-state index contributed by atoms with van der Waals surface area (Å²) in [6.07, 6.45) is 3.33. The molecule has 0 aromatic carbocycles. The minimum Gasteiger partial charge on any atom is -0.354 e. The van der Waals surface area contributed by atoms with E-state index in [0.29, 0.717) is 21.5 Å². The van der Waals surface area contributed by atoms with Gasteiger partial charge in [0.25, 0.3) is 0 Å². The number of amides is 1. The molecule has 132 valence electrons. The highest BCUT2D eigenvalue weighted by atomic mass is 127. The molecule has 0 aliphatic carbocycles. The van der Waals surface area contributed by atoms with Crippen LogP contribution in [0.3, 0.4) is 0 Å². The number of halogens is 2. The Labute approximate surface area is 167 Å². The number of carbonyl (C=O) groups excluding carboxylic acids is 1. The fourth-order valence-electron chi connectivity index (χ4n) is 2.50. The molecule has 0 saturated carbocycles. The van der Waals surface area contributed by atoms with Crippen molar-refractivity contribution < 1.29 is 13.2 Å². The van der Waals surface area contributed by atoms with Crippen molar-refractivity contribution >= 4 is 67.5 Å². The van der Waals surface area contributed by atoms with Crippen LogP contribution in [0.15, 0.2) is 35.9 Å². The third kappa shape index (κ3) is 4.22. The second kappa shape index (κ2) is 7.31. The molecular weight excluding hydrogens is 497 g/mol. The molecule has 3 heterocycles. The maximum atomic E-state index is 12.5. The van der Waals surface area contributed by atoms with Gasteiger partial charge in [0.15, 0.2) is 5.54 Å². The van der Waals surface area contributed by atoms with Crippen molar-refractivity contribution in [1.29, 1.82) is 0 Å². The molecule has 1 aliphatic heterocycles. The lowest BCUT2D eigenvalue weighted by Crippen LogP contribution is -2.50. The summed E-state index contributed by atoms with van der Waals surface area (Å²) in [5.41, 5.74) is -1.03. The van der Waals surface area contributed by atoms with E-state index in [9.17, 15) is 13.2 Å². The lowest BCUT2D eigenvalue weighted by Gasteiger charge is -2.25. The van der Waals surface area contributed by atoms with Gasteiger partial charge in [0, 0.05) is 26.6 Å². The van der Waals surface area contributed by atoms with Crippen LogP contribution < -0.4 is 10.0 Å². The molecule has 1 saturated heterocycles. The number of thiophene rings is 1. The van der Waals surface area contributed by atoms with E-state index in [1.807, 2.05) is 0 Å². The number of carbonyl (C=O) groups is 1. The molecule has 2 aromatic heterocycles. The zero-order chi connectivity index (χ0) is 18.1. The Morgan fingerprint density at radius 3 is 2.72 bits per heavy atom. The molecule has 2 N–H and O–H groups in total. The van der Waals surface area contributed by atoms with Crippen molar-refractivity contribution in [1.82, 2.24) is 15.0 Å². The summed E-state index contributed by atoms with van der Waals surface area (Å²) in [4.78, 5) is 17.4. The number of nitrogens with one attached hydrogen (secondary N) is 2. The second-order valence-corrected chi connectivity index (χ2v) is 9.92. The minimum atomic E-state index is -3.87. The maximum absolute atomic E-state index is 12.5. The first-order valence-corrected chi connectivity index (χ1v) is 11.0. The number of sulfonamides is 1. The molecule has 0 bridgehead atoms. The molecule has 0 unspecified atom stereocenters. The first-order valence-electron chi connectivity index (χ1n) is 7.18. The van der Waals surface area contributed by atoms with Crippen LogP contribution >= 0.6 is 45.5 Å². The van der Waals surface area contributed by atoms with E-state index in [2.05, 4.69) is 37.6 Å². The smallest absolute Gasteiger partial charge is 0.247 e. The van der Waals surface area contributed by atoms with E-state index in [1.165, 1.54) is 17.4 Å². The Balaban J connectivity index is 1.91. The molecule has 0 spiro atoms. The van der Waals surface area contributed by atoms with E-state index >= 15 is 0 Å². The van der Waals surface area contributed by atoms with Gasteiger partial charge in [0.2, 0.25) is 15.9 Å². The van der Waals surface area contributed by atoms with Gasteiger partial charge >= 0.3 is 0 Å². The number of nitrogens with zero attached hydrogens (tertiary/aromatic N) is 1. The summed E-state index contributed by atoms with van der Waals surface area (Å²) in [6, 6.07) is 6.86. The zero-order valence-electron chi connectivity index (χ0n) is 12.7. The van der Waals surface area contributed by atoms with Gasteiger partial charge in [-0.05, 0) is 59.4 Å².